The molecule has 0 fully saturated rings. The lowest BCUT2D eigenvalue weighted by Gasteiger charge is -2.06. The van der Waals surface area contributed by atoms with E-state index in [1.165, 1.54) is 6.07 Å². The highest BCUT2D eigenvalue weighted by Crippen LogP contribution is 2.27. The Morgan fingerprint density at radius 1 is 1.44 bits per heavy atom. The van der Waals surface area contributed by atoms with Crippen LogP contribution in [-0.2, 0) is 9.53 Å². The van der Waals surface area contributed by atoms with E-state index in [4.69, 9.17) is 0 Å². The summed E-state index contributed by atoms with van der Waals surface area (Å²) in [5.41, 5.74) is 0.465. The third-order valence-electron chi connectivity index (χ3n) is 1.97. The van der Waals surface area contributed by atoms with Crippen molar-refractivity contribution >= 4 is 27.7 Å². The van der Waals surface area contributed by atoms with Crippen LogP contribution in [0.5, 0.6) is 5.75 Å². The van der Waals surface area contributed by atoms with Gasteiger partial charge in [0, 0.05) is 4.47 Å². The molecule has 0 heterocycles. The summed E-state index contributed by atoms with van der Waals surface area (Å²) in [6.07, 6.45) is 0. The van der Waals surface area contributed by atoms with Crippen LogP contribution in [0.15, 0.2) is 16.6 Å². The van der Waals surface area contributed by atoms with Crippen LogP contribution >= 0.6 is 15.9 Å². The molecule has 0 aliphatic heterocycles. The molecule has 0 bridgehead atoms. The summed E-state index contributed by atoms with van der Waals surface area (Å²) >= 11 is 3.19. The minimum absolute atomic E-state index is 0.0506. The molecular weight excluding hydrogens is 276 g/mol. The number of phenolic OH excluding ortho intramolecular Hbond substituents is 1. The Labute approximate surface area is 101 Å². The molecule has 1 N–H and O–H groups in total. The summed E-state index contributed by atoms with van der Waals surface area (Å²) in [5, 5.41) is 9.66. The molecule has 1 rings (SSSR count). The van der Waals surface area contributed by atoms with Gasteiger partial charge in [-0.3, -0.25) is 4.79 Å². The number of esters is 1. The molecule has 0 saturated heterocycles. The van der Waals surface area contributed by atoms with Gasteiger partial charge in [0.25, 0.3) is 5.78 Å². The summed E-state index contributed by atoms with van der Waals surface area (Å²) < 4.78 is 5.20. The van der Waals surface area contributed by atoms with Gasteiger partial charge in [0.1, 0.15) is 5.75 Å². The molecule has 0 atom stereocenters. The van der Waals surface area contributed by atoms with Gasteiger partial charge in [0.15, 0.2) is 0 Å². The number of rotatable bonds is 3. The van der Waals surface area contributed by atoms with Crippen LogP contribution < -0.4 is 0 Å². The lowest BCUT2D eigenvalue weighted by molar-refractivity contribution is -0.137. The van der Waals surface area contributed by atoms with Crippen molar-refractivity contribution in [2.75, 3.05) is 6.61 Å². The Hall–Kier alpha value is -1.36. The number of hydrogen-bond acceptors (Lipinski definition) is 4. The van der Waals surface area contributed by atoms with Gasteiger partial charge in [-0.05, 0) is 31.5 Å². The summed E-state index contributed by atoms with van der Waals surface area (Å²) in [5.74, 6) is -2.00. The van der Waals surface area contributed by atoms with Crippen molar-refractivity contribution in [3.05, 3.63) is 27.7 Å². The summed E-state index contributed by atoms with van der Waals surface area (Å²) in [6, 6.07) is 3.04. The fourth-order valence-corrected chi connectivity index (χ4v) is 1.79. The second kappa shape index (κ2) is 5.12. The average molecular weight is 287 g/mol. The lowest BCUT2D eigenvalue weighted by Crippen LogP contribution is -2.17. The largest absolute Gasteiger partial charge is 0.507 e. The number of benzene rings is 1. The predicted molar refractivity (Wildman–Crippen MR) is 61.5 cm³/mol. The first kappa shape index (κ1) is 12.7. The van der Waals surface area contributed by atoms with Crippen LogP contribution in [0.25, 0.3) is 0 Å². The number of hydrogen-bond donors (Lipinski definition) is 1. The molecule has 0 spiro atoms. The van der Waals surface area contributed by atoms with Gasteiger partial charge in [-0.25, -0.2) is 4.79 Å². The molecule has 0 radical (unpaired) electrons. The highest BCUT2D eigenvalue weighted by atomic mass is 79.9. The zero-order chi connectivity index (χ0) is 12.3. The summed E-state index contributed by atoms with van der Waals surface area (Å²) in [6.45, 7) is 3.37. The Morgan fingerprint density at radius 2 is 2.06 bits per heavy atom. The molecular formula is C11H11BrO4. The number of ether oxygens (including phenoxy) is 1. The SMILES string of the molecule is CCOC(=O)C(=O)c1cc(Br)cc(C)c1O. The standard InChI is InChI=1S/C11H11BrO4/c1-3-16-11(15)10(14)8-5-7(12)4-6(2)9(8)13/h4-5,13H,3H2,1-2H3. The maximum atomic E-state index is 11.6. The number of Topliss-reactive ketones (excluding diaryl/α,β-unsaturated/α-hetero) is 1. The van der Waals surface area contributed by atoms with E-state index in [2.05, 4.69) is 20.7 Å². The smallest absolute Gasteiger partial charge is 0.379 e. The van der Waals surface area contributed by atoms with Crippen LogP contribution in [0, 0.1) is 6.92 Å². The molecule has 4 nitrogen and oxygen atoms in total. The third-order valence-corrected chi connectivity index (χ3v) is 2.43. The van der Waals surface area contributed by atoms with Gasteiger partial charge < -0.3 is 9.84 Å². The van der Waals surface area contributed by atoms with Crippen molar-refractivity contribution in [1.29, 1.82) is 0 Å². The molecule has 0 saturated carbocycles. The van der Waals surface area contributed by atoms with E-state index in [1.807, 2.05) is 0 Å². The number of ketones is 1. The van der Waals surface area contributed by atoms with Gasteiger partial charge in [-0.1, -0.05) is 15.9 Å². The van der Waals surface area contributed by atoms with Gasteiger partial charge in [-0.15, -0.1) is 0 Å². The van der Waals surface area contributed by atoms with Crippen molar-refractivity contribution in [3.8, 4) is 5.75 Å². The summed E-state index contributed by atoms with van der Waals surface area (Å²) in [7, 11) is 0. The predicted octanol–water partition coefficient (Wildman–Crippen LogP) is 2.21. The van der Waals surface area contributed by atoms with Gasteiger partial charge in [0.2, 0.25) is 0 Å². The second-order valence-corrected chi connectivity index (χ2v) is 4.08. The quantitative estimate of drug-likeness (QED) is 0.526. The summed E-state index contributed by atoms with van der Waals surface area (Å²) in [4.78, 5) is 22.8. The van der Waals surface area contributed by atoms with E-state index < -0.39 is 11.8 Å². The average Bonchev–Trinajstić information content (AvgIpc) is 2.22. The Balaban J connectivity index is 3.13. The Bertz CT molecular complexity index is 440. The number of aromatic hydroxyl groups is 1. The number of aryl methyl sites for hydroxylation is 1. The fraction of sp³-hybridized carbons (Fsp3) is 0.273. The molecule has 0 aromatic heterocycles. The zero-order valence-corrected chi connectivity index (χ0v) is 10.5. The zero-order valence-electron chi connectivity index (χ0n) is 8.91. The lowest BCUT2D eigenvalue weighted by atomic mass is 10.1. The van der Waals surface area contributed by atoms with E-state index >= 15 is 0 Å². The van der Waals surface area contributed by atoms with Crippen LogP contribution in [-0.4, -0.2) is 23.5 Å². The van der Waals surface area contributed by atoms with Crippen molar-refractivity contribution < 1.29 is 19.4 Å². The molecule has 1 aromatic carbocycles. The molecule has 1 aromatic rings. The molecule has 5 heteroatoms. The first-order valence-electron chi connectivity index (χ1n) is 4.68. The fourth-order valence-electron chi connectivity index (χ4n) is 1.22. The van der Waals surface area contributed by atoms with Gasteiger partial charge >= 0.3 is 5.97 Å². The van der Waals surface area contributed by atoms with Crippen LogP contribution in [0.3, 0.4) is 0 Å². The van der Waals surface area contributed by atoms with Crippen molar-refractivity contribution in [1.82, 2.24) is 0 Å². The highest BCUT2D eigenvalue weighted by molar-refractivity contribution is 9.10. The molecule has 0 aliphatic rings. The molecule has 0 amide bonds. The van der Waals surface area contributed by atoms with Gasteiger partial charge in [-0.2, -0.15) is 0 Å². The minimum atomic E-state index is -0.963. The number of carbonyl (C=O) groups is 2. The minimum Gasteiger partial charge on any atom is -0.507 e. The molecule has 16 heavy (non-hydrogen) atoms. The maximum Gasteiger partial charge on any atom is 0.379 e. The van der Waals surface area contributed by atoms with E-state index in [9.17, 15) is 14.7 Å². The highest BCUT2D eigenvalue weighted by Gasteiger charge is 2.22. The number of phenols is 1. The first-order chi connectivity index (χ1) is 7.47. The Morgan fingerprint density at radius 3 is 2.62 bits per heavy atom. The van der Waals surface area contributed by atoms with Crippen molar-refractivity contribution in [2.45, 2.75) is 13.8 Å². The van der Waals surface area contributed by atoms with Crippen molar-refractivity contribution in [3.63, 3.8) is 0 Å². The normalized spacial score (nSPS) is 9.94. The molecule has 0 aliphatic carbocycles. The van der Waals surface area contributed by atoms with Crippen LogP contribution in [0.2, 0.25) is 0 Å². The van der Waals surface area contributed by atoms with Crippen molar-refractivity contribution in [2.24, 2.45) is 0 Å². The Kier molecular flexibility index (Phi) is 4.06. The second-order valence-electron chi connectivity index (χ2n) is 3.17. The molecule has 86 valence electrons. The van der Waals surface area contributed by atoms with E-state index in [0.717, 1.165) is 0 Å². The van der Waals surface area contributed by atoms with E-state index in [1.54, 1.807) is 19.9 Å². The number of halogens is 1. The third kappa shape index (κ3) is 2.61. The first-order valence-corrected chi connectivity index (χ1v) is 5.47. The maximum absolute atomic E-state index is 11.6. The molecule has 0 unspecified atom stereocenters. The van der Waals surface area contributed by atoms with Gasteiger partial charge in [0.05, 0.1) is 12.2 Å². The van der Waals surface area contributed by atoms with E-state index in [0.29, 0.717) is 10.0 Å². The van der Waals surface area contributed by atoms with Crippen LogP contribution in [0.1, 0.15) is 22.8 Å². The van der Waals surface area contributed by atoms with Crippen LogP contribution in [0.4, 0.5) is 0 Å². The topological polar surface area (TPSA) is 63.6 Å². The van der Waals surface area contributed by atoms with E-state index in [-0.39, 0.29) is 17.9 Å². The number of carbonyl (C=O) groups excluding carboxylic acids is 2. The monoisotopic (exact) mass is 286 g/mol.